The predicted molar refractivity (Wildman–Crippen MR) is 243 cm³/mol. The summed E-state index contributed by atoms with van der Waals surface area (Å²) < 4.78 is 44.0. The van der Waals surface area contributed by atoms with Crippen LogP contribution in [0.2, 0.25) is 0 Å². The van der Waals surface area contributed by atoms with E-state index in [-0.39, 0.29) is 68.3 Å². The molecule has 0 aliphatic heterocycles. The molecule has 0 bridgehead atoms. The van der Waals surface area contributed by atoms with Crippen molar-refractivity contribution in [2.45, 2.75) is 156 Å². The second-order valence-electron chi connectivity index (χ2n) is 21.8. The van der Waals surface area contributed by atoms with Gasteiger partial charge in [0.05, 0.1) is 28.2 Å². The van der Waals surface area contributed by atoms with Crippen molar-refractivity contribution >= 4 is 27.7 Å². The van der Waals surface area contributed by atoms with Gasteiger partial charge in [0, 0.05) is 18.8 Å². The zero-order valence-corrected chi connectivity index (χ0v) is 39.5. The third kappa shape index (κ3) is 8.50. The summed E-state index contributed by atoms with van der Waals surface area (Å²) in [6.45, 7) is 18.8. The molecule has 0 radical (unpaired) electrons. The SMILES string of the molecule is CC(=O)O[C@H]1CC[C@]2(C)[C@H]3CC=C4[C@@H]5CC(C)(C)CC[C@]5(C(=O)OCCCC(C/C=C/CS(=O)(=O)c5ccccc5)OC(=O)c5ccccc5)CC[C@@]4(C)[C@]3(C)CC[C@H]2C1(C)C. The second-order valence-corrected chi connectivity index (χ2v) is 23.8. The van der Waals surface area contributed by atoms with E-state index in [0.717, 1.165) is 64.2 Å². The molecule has 5 aliphatic carbocycles. The Morgan fingerprint density at radius 2 is 1.48 bits per heavy atom. The van der Waals surface area contributed by atoms with Crippen molar-refractivity contribution in [2.24, 2.45) is 50.2 Å². The van der Waals surface area contributed by atoms with Crippen LogP contribution >= 0.6 is 0 Å². The van der Waals surface area contributed by atoms with Gasteiger partial charge in [0.2, 0.25) is 0 Å². The average molecular weight is 869 g/mol. The minimum Gasteiger partial charge on any atom is -0.465 e. The van der Waals surface area contributed by atoms with Crippen molar-refractivity contribution in [3.05, 3.63) is 90.0 Å². The number of ether oxygens (including phenoxy) is 3. The lowest BCUT2D eigenvalue weighted by Crippen LogP contribution is -2.65. The number of sulfone groups is 1. The molecule has 0 spiro atoms. The normalized spacial score (nSPS) is 34.0. The molecule has 8 nitrogen and oxygen atoms in total. The van der Waals surface area contributed by atoms with E-state index in [4.69, 9.17) is 14.2 Å². The highest BCUT2D eigenvalue weighted by Gasteiger charge is 2.69. The van der Waals surface area contributed by atoms with E-state index in [0.29, 0.717) is 36.7 Å². The zero-order valence-electron chi connectivity index (χ0n) is 38.7. The molecule has 338 valence electrons. The molecular weight excluding hydrogens is 797 g/mol. The van der Waals surface area contributed by atoms with Gasteiger partial charge in [-0.15, -0.1) is 0 Å². The number of fused-ring (bicyclic) bond motifs is 7. The van der Waals surface area contributed by atoms with Gasteiger partial charge in [-0.1, -0.05) is 109 Å². The van der Waals surface area contributed by atoms with E-state index in [1.165, 1.54) is 12.5 Å². The van der Waals surface area contributed by atoms with Crippen LogP contribution in [0.5, 0.6) is 0 Å². The molecule has 5 aliphatic rings. The summed E-state index contributed by atoms with van der Waals surface area (Å²) in [6.07, 6.45) is 16.5. The topological polar surface area (TPSA) is 113 Å². The van der Waals surface area contributed by atoms with Gasteiger partial charge in [-0.25, -0.2) is 13.2 Å². The van der Waals surface area contributed by atoms with Crippen molar-refractivity contribution in [2.75, 3.05) is 12.4 Å². The van der Waals surface area contributed by atoms with Gasteiger partial charge in [0.25, 0.3) is 0 Å². The minimum atomic E-state index is -3.49. The number of hydrogen-bond acceptors (Lipinski definition) is 8. The van der Waals surface area contributed by atoms with E-state index in [2.05, 4.69) is 54.5 Å². The molecule has 9 heteroatoms. The maximum Gasteiger partial charge on any atom is 0.338 e. The largest absolute Gasteiger partial charge is 0.465 e. The molecule has 1 unspecified atom stereocenters. The third-order valence-corrected chi connectivity index (χ3v) is 19.1. The van der Waals surface area contributed by atoms with Crippen LogP contribution < -0.4 is 0 Å². The first-order valence-corrected chi connectivity index (χ1v) is 25.1. The highest BCUT2D eigenvalue weighted by molar-refractivity contribution is 7.91. The molecule has 2 aromatic carbocycles. The van der Waals surface area contributed by atoms with Crippen molar-refractivity contribution in [3.8, 4) is 0 Å². The van der Waals surface area contributed by atoms with Gasteiger partial charge in [-0.2, -0.15) is 0 Å². The Kier molecular flexibility index (Phi) is 12.9. The summed E-state index contributed by atoms with van der Waals surface area (Å²) >= 11 is 0. The van der Waals surface area contributed by atoms with Gasteiger partial charge in [-0.3, -0.25) is 9.59 Å². The standard InChI is InChI=1S/C53H72O8S/c1-37(54)60-45-27-28-50(6)43(49(45,4)5)26-29-52(8)44(50)25-24-41-42-36-48(2,3)30-32-53(42,33-31-51(41,52)7)47(56)59-34-17-21-39(61-46(55)38-18-11-9-12-19-38)20-15-16-35-62(57,58)40-22-13-10-14-23-40/h9-16,18-19,22-24,39,42-45H,17,20-21,25-36H2,1-8H3/b16-15+/t39?,42-,43-,44+,45-,50-,51+,52+,53-/m0/s1. The molecule has 0 N–H and O–H groups in total. The average Bonchev–Trinajstić information content (AvgIpc) is 3.22. The number of benzene rings is 2. The smallest absolute Gasteiger partial charge is 0.338 e. The van der Waals surface area contributed by atoms with Crippen LogP contribution in [0.15, 0.2) is 89.4 Å². The Morgan fingerprint density at radius 3 is 2.18 bits per heavy atom. The first-order valence-electron chi connectivity index (χ1n) is 23.4. The number of carbonyl (C=O) groups excluding carboxylic acids is 3. The Bertz CT molecular complexity index is 2140. The summed E-state index contributed by atoms with van der Waals surface area (Å²) in [7, 11) is -3.49. The fourth-order valence-electron chi connectivity index (χ4n) is 13.8. The van der Waals surface area contributed by atoms with Gasteiger partial charge in [-0.05, 0) is 141 Å². The predicted octanol–water partition coefficient (Wildman–Crippen LogP) is 11.7. The van der Waals surface area contributed by atoms with E-state index in [9.17, 15) is 22.8 Å². The molecule has 62 heavy (non-hydrogen) atoms. The van der Waals surface area contributed by atoms with Crippen LogP contribution in [0.1, 0.15) is 149 Å². The maximum absolute atomic E-state index is 14.7. The van der Waals surface area contributed by atoms with Crippen LogP contribution in [0.4, 0.5) is 0 Å². The highest BCUT2D eigenvalue weighted by Crippen LogP contribution is 2.76. The first kappa shape index (κ1) is 46.3. The molecule has 4 saturated carbocycles. The van der Waals surface area contributed by atoms with Gasteiger partial charge < -0.3 is 14.2 Å². The lowest BCUT2D eigenvalue weighted by atomic mass is 9.33. The Balaban J connectivity index is 1.05. The molecule has 7 rings (SSSR count). The first-order chi connectivity index (χ1) is 29.2. The van der Waals surface area contributed by atoms with Crippen LogP contribution in [0, 0.1) is 50.2 Å². The van der Waals surface area contributed by atoms with Gasteiger partial charge in [0.15, 0.2) is 9.84 Å². The number of esters is 3. The fraction of sp³-hybridized carbons (Fsp3) is 0.642. The number of rotatable bonds is 13. The summed E-state index contributed by atoms with van der Waals surface area (Å²) in [5, 5.41) is 0. The van der Waals surface area contributed by atoms with E-state index in [1.54, 1.807) is 66.7 Å². The minimum absolute atomic E-state index is 0.0353. The molecule has 2 aromatic rings. The summed E-state index contributed by atoms with van der Waals surface area (Å²) in [6, 6.07) is 17.2. The molecule has 0 heterocycles. The van der Waals surface area contributed by atoms with Crippen molar-refractivity contribution < 1.29 is 37.0 Å². The molecular formula is C53H72O8S. The summed E-state index contributed by atoms with van der Waals surface area (Å²) in [4.78, 5) is 40.3. The highest BCUT2D eigenvalue weighted by atomic mass is 32.2. The summed E-state index contributed by atoms with van der Waals surface area (Å²) in [5.74, 6) is 0.226. The quantitative estimate of drug-likeness (QED) is 0.0846. The molecule has 0 aromatic heterocycles. The Labute approximate surface area is 371 Å². The van der Waals surface area contributed by atoms with Crippen molar-refractivity contribution in [1.82, 2.24) is 0 Å². The zero-order chi connectivity index (χ0) is 44.8. The molecule has 4 fully saturated rings. The third-order valence-electron chi connectivity index (χ3n) is 17.5. The lowest BCUT2D eigenvalue weighted by molar-refractivity contribution is -0.213. The monoisotopic (exact) mass is 868 g/mol. The van der Waals surface area contributed by atoms with E-state index < -0.39 is 27.3 Å². The van der Waals surface area contributed by atoms with Gasteiger partial charge >= 0.3 is 17.9 Å². The van der Waals surface area contributed by atoms with Crippen LogP contribution in [0.25, 0.3) is 0 Å². The summed E-state index contributed by atoms with van der Waals surface area (Å²) in [5.41, 5.74) is 1.55. The maximum atomic E-state index is 14.7. The Morgan fingerprint density at radius 1 is 0.806 bits per heavy atom. The van der Waals surface area contributed by atoms with E-state index >= 15 is 0 Å². The van der Waals surface area contributed by atoms with Gasteiger partial charge in [0.1, 0.15) is 12.2 Å². The van der Waals surface area contributed by atoms with E-state index in [1.807, 2.05) is 6.07 Å². The number of carbonyl (C=O) groups is 3. The number of allylic oxidation sites excluding steroid dienone is 2. The second kappa shape index (κ2) is 17.3. The van der Waals surface area contributed by atoms with Crippen LogP contribution in [-0.2, 0) is 33.6 Å². The van der Waals surface area contributed by atoms with Crippen molar-refractivity contribution in [1.29, 1.82) is 0 Å². The van der Waals surface area contributed by atoms with Crippen molar-refractivity contribution in [3.63, 3.8) is 0 Å². The number of hydrogen-bond donors (Lipinski definition) is 0. The van der Waals surface area contributed by atoms with Crippen LogP contribution in [0.3, 0.4) is 0 Å². The molecule has 0 amide bonds. The molecule has 9 atom stereocenters. The molecule has 0 saturated heterocycles. The Hall–Kier alpha value is -3.72. The fourth-order valence-corrected chi connectivity index (χ4v) is 15.0. The lowest BCUT2D eigenvalue weighted by Gasteiger charge is -2.71. The van der Waals surface area contributed by atoms with Crippen LogP contribution in [-0.4, -0.2) is 50.9 Å².